The lowest BCUT2D eigenvalue weighted by molar-refractivity contribution is -0.896. The maximum atomic E-state index is 5.64. The first-order chi connectivity index (χ1) is 11.0. The van der Waals surface area contributed by atoms with Crippen LogP contribution in [-0.4, -0.2) is 46.8 Å². The topological polar surface area (TPSA) is 54.7 Å². The Labute approximate surface area is 159 Å². The second-order valence-electron chi connectivity index (χ2n) is 7.31. The van der Waals surface area contributed by atoms with E-state index in [4.69, 9.17) is 9.51 Å². The van der Waals surface area contributed by atoms with E-state index in [1.807, 2.05) is 12.1 Å². The van der Waals surface area contributed by atoms with Crippen molar-refractivity contribution in [3.05, 3.63) is 35.9 Å². The van der Waals surface area contributed by atoms with Crippen LogP contribution in [0.4, 0.5) is 0 Å². The largest absolute Gasteiger partial charge is 1.00 e. The molecular weight excluding hydrogens is 415 g/mol. The molecule has 3 heterocycles. The van der Waals surface area contributed by atoms with Crippen molar-refractivity contribution in [1.82, 2.24) is 15.1 Å². The first-order valence-corrected chi connectivity index (χ1v) is 8.27. The zero-order valence-corrected chi connectivity index (χ0v) is 16.5. The van der Waals surface area contributed by atoms with Crippen molar-refractivity contribution in [3.8, 4) is 11.4 Å². The minimum absolute atomic E-state index is 0. The average molecular weight is 438 g/mol. The molecule has 1 aliphatic heterocycles. The summed E-state index contributed by atoms with van der Waals surface area (Å²) in [4.78, 5) is 8.15. The van der Waals surface area contributed by atoms with E-state index in [0.717, 1.165) is 45.5 Å². The summed E-state index contributed by atoms with van der Waals surface area (Å²) >= 11 is 0. The van der Waals surface area contributed by atoms with E-state index in [1.165, 1.54) is 13.0 Å². The van der Waals surface area contributed by atoms with E-state index in [9.17, 15) is 0 Å². The SMILES string of the molecule is Cc1[nH]c2ccccc2c1-c1noc(C2CCC[N+](C)(C)C2)n1.[I-]. The molecule has 6 heteroatoms. The van der Waals surface area contributed by atoms with Crippen molar-refractivity contribution in [2.45, 2.75) is 25.7 Å². The van der Waals surface area contributed by atoms with Gasteiger partial charge in [0.15, 0.2) is 0 Å². The van der Waals surface area contributed by atoms with Crippen LogP contribution in [-0.2, 0) is 0 Å². The van der Waals surface area contributed by atoms with Crippen LogP contribution in [0.15, 0.2) is 28.8 Å². The lowest BCUT2D eigenvalue weighted by Gasteiger charge is -2.36. The molecule has 2 aromatic heterocycles. The molecule has 5 nitrogen and oxygen atoms in total. The number of benzene rings is 1. The van der Waals surface area contributed by atoms with E-state index < -0.39 is 0 Å². The second kappa shape index (κ2) is 6.48. The number of aryl methyl sites for hydroxylation is 1. The number of nitrogens with zero attached hydrogens (tertiary/aromatic N) is 3. The van der Waals surface area contributed by atoms with E-state index in [2.05, 4.69) is 43.3 Å². The van der Waals surface area contributed by atoms with E-state index in [1.54, 1.807) is 0 Å². The number of quaternary nitrogens is 1. The van der Waals surface area contributed by atoms with E-state index in [-0.39, 0.29) is 24.0 Å². The van der Waals surface area contributed by atoms with Crippen LogP contribution in [0.5, 0.6) is 0 Å². The summed E-state index contributed by atoms with van der Waals surface area (Å²) in [6, 6.07) is 8.26. The minimum Gasteiger partial charge on any atom is -1.00 e. The summed E-state index contributed by atoms with van der Waals surface area (Å²) in [6.45, 7) is 4.35. The standard InChI is InChI=1S/C18H23N4O.HI/c1-12-16(14-8-4-5-9-15(14)19-12)17-20-18(23-21-17)13-7-6-10-22(2,3)11-13;/h4-5,8-9,13,19H,6-7,10-11H2,1-3H3;1H/q+1;/p-1. The summed E-state index contributed by atoms with van der Waals surface area (Å²) in [5, 5.41) is 5.43. The molecule has 1 fully saturated rings. The van der Waals surface area contributed by atoms with Gasteiger partial charge in [0.1, 0.15) is 0 Å². The molecule has 3 aromatic rings. The molecule has 128 valence electrons. The number of fused-ring (bicyclic) bond motifs is 1. The molecule has 1 N–H and O–H groups in total. The van der Waals surface area contributed by atoms with Gasteiger partial charge >= 0.3 is 0 Å². The van der Waals surface area contributed by atoms with Gasteiger partial charge in [-0.25, -0.2) is 0 Å². The Morgan fingerprint density at radius 2 is 2.04 bits per heavy atom. The van der Waals surface area contributed by atoms with Crippen molar-refractivity contribution in [2.75, 3.05) is 27.2 Å². The molecule has 1 unspecified atom stereocenters. The number of rotatable bonds is 2. The molecule has 1 atom stereocenters. The smallest absolute Gasteiger partial charge is 0.235 e. The number of nitrogens with one attached hydrogen (secondary N) is 1. The van der Waals surface area contributed by atoms with Gasteiger partial charge in [-0.05, 0) is 25.8 Å². The number of piperidine rings is 1. The summed E-state index contributed by atoms with van der Waals surface area (Å²) in [6.07, 6.45) is 2.34. The lowest BCUT2D eigenvalue weighted by Crippen LogP contribution is -3.00. The zero-order valence-electron chi connectivity index (χ0n) is 14.3. The van der Waals surface area contributed by atoms with Crippen LogP contribution in [0.2, 0.25) is 0 Å². The van der Waals surface area contributed by atoms with Gasteiger partial charge in [-0.2, -0.15) is 4.98 Å². The fourth-order valence-electron chi connectivity index (χ4n) is 3.81. The van der Waals surface area contributed by atoms with Crippen molar-refractivity contribution in [1.29, 1.82) is 0 Å². The zero-order chi connectivity index (χ0) is 16.0. The van der Waals surface area contributed by atoms with E-state index >= 15 is 0 Å². The normalized spacial score (nSPS) is 20.0. The van der Waals surface area contributed by atoms with Gasteiger partial charge in [0.25, 0.3) is 0 Å². The van der Waals surface area contributed by atoms with Crippen LogP contribution in [0.25, 0.3) is 22.3 Å². The number of aromatic amines is 1. The quantitative estimate of drug-likeness (QED) is 0.468. The predicted molar refractivity (Wildman–Crippen MR) is 90.1 cm³/mol. The third kappa shape index (κ3) is 3.09. The van der Waals surface area contributed by atoms with Crippen LogP contribution >= 0.6 is 0 Å². The number of likely N-dealkylation sites (N-methyl/N-ethyl adjacent to an activating group) is 1. The van der Waals surface area contributed by atoms with Crippen LogP contribution < -0.4 is 24.0 Å². The Bertz CT molecular complexity index is 852. The Morgan fingerprint density at radius 1 is 1.25 bits per heavy atom. The molecule has 1 aliphatic rings. The highest BCUT2D eigenvalue weighted by atomic mass is 127. The van der Waals surface area contributed by atoms with Gasteiger partial charge in [0.2, 0.25) is 11.7 Å². The molecule has 1 saturated heterocycles. The first-order valence-electron chi connectivity index (χ1n) is 8.27. The van der Waals surface area contributed by atoms with Gasteiger partial charge in [-0.1, -0.05) is 23.4 Å². The highest BCUT2D eigenvalue weighted by Gasteiger charge is 2.32. The maximum absolute atomic E-state index is 5.64. The molecule has 0 amide bonds. The maximum Gasteiger partial charge on any atom is 0.235 e. The highest BCUT2D eigenvalue weighted by molar-refractivity contribution is 5.95. The summed E-state index contributed by atoms with van der Waals surface area (Å²) in [5.41, 5.74) is 3.25. The highest BCUT2D eigenvalue weighted by Crippen LogP contribution is 2.33. The number of halogens is 1. The van der Waals surface area contributed by atoms with Crippen LogP contribution in [0, 0.1) is 6.92 Å². The molecule has 4 rings (SSSR count). The number of likely N-dealkylation sites (tertiary alicyclic amines) is 1. The molecule has 24 heavy (non-hydrogen) atoms. The number of hydrogen-bond acceptors (Lipinski definition) is 3. The average Bonchev–Trinajstić information content (AvgIpc) is 3.09. The Hall–Kier alpha value is -1.41. The molecule has 0 radical (unpaired) electrons. The van der Waals surface area contributed by atoms with E-state index in [0.29, 0.717) is 11.7 Å². The third-order valence-electron chi connectivity index (χ3n) is 4.94. The summed E-state index contributed by atoms with van der Waals surface area (Å²) in [5.74, 6) is 1.85. The summed E-state index contributed by atoms with van der Waals surface area (Å²) in [7, 11) is 4.54. The first kappa shape index (κ1) is 17.4. The van der Waals surface area contributed by atoms with Gasteiger partial charge < -0.3 is 38.0 Å². The molecule has 0 aliphatic carbocycles. The van der Waals surface area contributed by atoms with Gasteiger partial charge in [-0.3, -0.25) is 0 Å². The van der Waals surface area contributed by atoms with Crippen molar-refractivity contribution in [2.24, 2.45) is 0 Å². The van der Waals surface area contributed by atoms with Crippen molar-refractivity contribution >= 4 is 10.9 Å². The van der Waals surface area contributed by atoms with Crippen molar-refractivity contribution in [3.63, 3.8) is 0 Å². The molecule has 1 aromatic carbocycles. The number of hydrogen-bond donors (Lipinski definition) is 1. The fourth-order valence-corrected chi connectivity index (χ4v) is 3.81. The monoisotopic (exact) mass is 438 g/mol. The molecular formula is C18H23IN4O. The molecule has 0 bridgehead atoms. The molecule has 0 spiro atoms. The second-order valence-corrected chi connectivity index (χ2v) is 7.31. The lowest BCUT2D eigenvalue weighted by atomic mass is 9.97. The number of aromatic nitrogens is 3. The molecule has 0 saturated carbocycles. The van der Waals surface area contributed by atoms with Gasteiger partial charge in [0.05, 0.1) is 38.7 Å². The number of H-pyrrole nitrogens is 1. The number of para-hydroxylation sites is 1. The fraction of sp³-hybridized carbons (Fsp3) is 0.444. The Morgan fingerprint density at radius 3 is 2.83 bits per heavy atom. The van der Waals surface area contributed by atoms with Gasteiger partial charge in [0, 0.05) is 16.6 Å². The van der Waals surface area contributed by atoms with Crippen LogP contribution in [0.1, 0.15) is 30.3 Å². The Kier molecular flexibility index (Phi) is 4.70. The summed E-state index contributed by atoms with van der Waals surface area (Å²) < 4.78 is 6.66. The van der Waals surface area contributed by atoms with Gasteiger partial charge in [-0.15, -0.1) is 0 Å². The Balaban J connectivity index is 0.00000169. The van der Waals surface area contributed by atoms with Crippen molar-refractivity contribution < 1.29 is 33.0 Å². The predicted octanol–water partition coefficient (Wildman–Crippen LogP) is 0.484. The van der Waals surface area contributed by atoms with Crippen LogP contribution in [0.3, 0.4) is 0 Å². The minimum atomic E-state index is 0. The third-order valence-corrected chi connectivity index (χ3v) is 4.94.